The van der Waals surface area contributed by atoms with Gasteiger partial charge in [-0.25, -0.2) is 9.59 Å². The van der Waals surface area contributed by atoms with Gasteiger partial charge in [0.15, 0.2) is 0 Å². The van der Waals surface area contributed by atoms with Crippen LogP contribution in [0.4, 0.5) is 4.79 Å². The fourth-order valence-corrected chi connectivity index (χ4v) is 4.90. The lowest BCUT2D eigenvalue weighted by Crippen LogP contribution is -2.56. The largest absolute Gasteiger partial charge is 0.464 e. The van der Waals surface area contributed by atoms with Gasteiger partial charge >= 0.3 is 12.0 Å². The number of amides is 3. The average Bonchev–Trinajstić information content (AvgIpc) is 2.99. The maximum atomic E-state index is 13.6. The lowest BCUT2D eigenvalue weighted by molar-refractivity contribution is -0.147. The molecule has 0 aromatic heterocycles. The fraction of sp³-hybridized carbons (Fsp3) is 0.406. The topological polar surface area (TPSA) is 97.0 Å². The summed E-state index contributed by atoms with van der Waals surface area (Å²) in [4.78, 5) is 41.1. The maximum absolute atomic E-state index is 13.6. The number of benzene rings is 3. The highest BCUT2D eigenvalue weighted by Gasteiger charge is 2.29. The zero-order valence-corrected chi connectivity index (χ0v) is 23.1. The lowest BCUT2D eigenvalue weighted by atomic mass is 10.0. The molecule has 1 aliphatic heterocycles. The molecule has 8 nitrogen and oxygen atoms in total. The maximum Gasteiger partial charge on any atom is 0.328 e. The second kappa shape index (κ2) is 15.0. The molecule has 40 heavy (non-hydrogen) atoms. The number of carbonyl (C=O) groups excluding carboxylic acids is 3. The van der Waals surface area contributed by atoms with Crippen molar-refractivity contribution >= 4 is 28.7 Å². The van der Waals surface area contributed by atoms with Crippen LogP contribution in [-0.2, 0) is 31.9 Å². The summed E-state index contributed by atoms with van der Waals surface area (Å²) in [5, 5.41) is 7.97. The van der Waals surface area contributed by atoms with Crippen LogP contribution in [0.25, 0.3) is 10.8 Å². The number of carbonyl (C=O) groups is 3. The molecule has 4 rings (SSSR count). The van der Waals surface area contributed by atoms with Crippen LogP contribution in [0.1, 0.15) is 37.3 Å². The van der Waals surface area contributed by atoms with Gasteiger partial charge in [0.25, 0.3) is 0 Å². The highest BCUT2D eigenvalue weighted by molar-refractivity contribution is 5.91. The first-order valence-corrected chi connectivity index (χ1v) is 14.2. The lowest BCUT2D eigenvalue weighted by Gasteiger charge is -2.29. The first kappa shape index (κ1) is 29.1. The van der Waals surface area contributed by atoms with Gasteiger partial charge in [0.2, 0.25) is 5.91 Å². The van der Waals surface area contributed by atoms with Crippen molar-refractivity contribution in [1.82, 2.24) is 15.5 Å². The molecule has 0 saturated carbocycles. The number of esters is 1. The van der Waals surface area contributed by atoms with Crippen molar-refractivity contribution < 1.29 is 23.9 Å². The smallest absolute Gasteiger partial charge is 0.328 e. The molecule has 1 heterocycles. The molecule has 8 heteroatoms. The molecule has 2 N–H and O–H groups in total. The minimum absolute atomic E-state index is 0.226. The number of urea groups is 1. The normalized spacial score (nSPS) is 14.8. The first-order chi connectivity index (χ1) is 19.5. The van der Waals surface area contributed by atoms with Crippen molar-refractivity contribution in [3.63, 3.8) is 0 Å². The summed E-state index contributed by atoms with van der Waals surface area (Å²) in [6.07, 6.45) is 3.26. The first-order valence-electron chi connectivity index (χ1n) is 14.2. The summed E-state index contributed by atoms with van der Waals surface area (Å²) < 4.78 is 10.6. The van der Waals surface area contributed by atoms with Crippen LogP contribution < -0.4 is 10.6 Å². The molecule has 212 valence electrons. The van der Waals surface area contributed by atoms with Crippen LogP contribution in [0.5, 0.6) is 0 Å². The van der Waals surface area contributed by atoms with Crippen molar-refractivity contribution in [3.8, 4) is 0 Å². The Morgan fingerprint density at radius 1 is 0.850 bits per heavy atom. The molecule has 0 bridgehead atoms. The van der Waals surface area contributed by atoms with Crippen molar-refractivity contribution in [2.75, 3.05) is 32.9 Å². The summed E-state index contributed by atoms with van der Waals surface area (Å²) in [5.74, 6) is -0.865. The predicted octanol–water partition coefficient (Wildman–Crippen LogP) is 4.25. The van der Waals surface area contributed by atoms with E-state index >= 15 is 0 Å². The highest BCUT2D eigenvalue weighted by Crippen LogP contribution is 2.17. The number of morpholine rings is 1. The third-order valence-corrected chi connectivity index (χ3v) is 7.10. The summed E-state index contributed by atoms with van der Waals surface area (Å²) in [7, 11) is 0. The second-order valence-corrected chi connectivity index (χ2v) is 10.0. The van der Waals surface area contributed by atoms with Crippen molar-refractivity contribution in [1.29, 1.82) is 0 Å². The van der Waals surface area contributed by atoms with E-state index < -0.39 is 24.0 Å². The van der Waals surface area contributed by atoms with Gasteiger partial charge in [0.05, 0.1) is 19.8 Å². The number of aryl methyl sites for hydroxylation is 1. The summed E-state index contributed by atoms with van der Waals surface area (Å²) >= 11 is 0. The number of hydrogen-bond donors (Lipinski definition) is 2. The van der Waals surface area contributed by atoms with E-state index in [2.05, 4.69) is 22.8 Å². The molecule has 1 unspecified atom stereocenters. The molecule has 3 aromatic carbocycles. The highest BCUT2D eigenvalue weighted by atomic mass is 16.5. The summed E-state index contributed by atoms with van der Waals surface area (Å²) in [6.45, 7) is 3.82. The summed E-state index contributed by atoms with van der Waals surface area (Å²) in [5.41, 5.74) is 2.15. The Morgan fingerprint density at radius 3 is 2.33 bits per heavy atom. The number of hydrogen-bond acceptors (Lipinski definition) is 5. The Kier molecular flexibility index (Phi) is 10.9. The van der Waals surface area contributed by atoms with E-state index in [1.54, 1.807) is 11.8 Å². The fourth-order valence-electron chi connectivity index (χ4n) is 4.90. The van der Waals surface area contributed by atoms with Crippen LogP contribution in [0, 0.1) is 0 Å². The van der Waals surface area contributed by atoms with Crippen LogP contribution in [0.3, 0.4) is 0 Å². The number of unbranched alkanes of at least 4 members (excludes halogenated alkanes) is 1. The van der Waals surface area contributed by atoms with Crippen LogP contribution in [0.15, 0.2) is 72.8 Å². The van der Waals surface area contributed by atoms with Gasteiger partial charge < -0.3 is 25.0 Å². The number of nitrogens with one attached hydrogen (secondary N) is 2. The zero-order valence-electron chi connectivity index (χ0n) is 23.1. The molecule has 0 spiro atoms. The van der Waals surface area contributed by atoms with E-state index in [0.29, 0.717) is 32.7 Å². The molecular weight excluding hydrogens is 506 g/mol. The van der Waals surface area contributed by atoms with Crippen LogP contribution >= 0.6 is 0 Å². The third kappa shape index (κ3) is 8.55. The van der Waals surface area contributed by atoms with Gasteiger partial charge in [-0.15, -0.1) is 0 Å². The Balaban J connectivity index is 1.45. The van der Waals surface area contributed by atoms with E-state index in [4.69, 9.17) is 9.47 Å². The molecule has 3 aromatic rings. The van der Waals surface area contributed by atoms with E-state index in [0.717, 1.165) is 35.6 Å². The standard InChI is InChI=1S/C32H39N3O5/c1-2-40-31(37)28(15-9-6-12-24-10-4-3-5-11-24)33-30(36)29(34-32(38)35-18-20-39-21-19-35)23-25-16-17-26-13-7-8-14-27(26)22-25/h3-5,7-8,10-11,13-14,16-17,22,28-29H,2,6,9,12,15,18-21,23H2,1H3,(H,33,36)(H,34,38)/t28?,29-/m0/s1. The van der Waals surface area contributed by atoms with E-state index in [-0.39, 0.29) is 19.1 Å². The average molecular weight is 546 g/mol. The van der Waals surface area contributed by atoms with Gasteiger partial charge in [0.1, 0.15) is 12.1 Å². The van der Waals surface area contributed by atoms with E-state index in [1.807, 2.05) is 60.7 Å². The van der Waals surface area contributed by atoms with Gasteiger partial charge in [-0.05, 0) is 48.1 Å². The Hall–Kier alpha value is -3.91. The Morgan fingerprint density at radius 2 is 1.57 bits per heavy atom. The number of fused-ring (bicyclic) bond motifs is 1. The van der Waals surface area contributed by atoms with Crippen molar-refractivity contribution in [2.45, 2.75) is 51.1 Å². The number of ether oxygens (including phenoxy) is 2. The molecular formula is C32H39N3O5. The minimum Gasteiger partial charge on any atom is -0.464 e. The van der Waals surface area contributed by atoms with E-state index in [9.17, 15) is 14.4 Å². The molecule has 2 atom stereocenters. The monoisotopic (exact) mass is 545 g/mol. The number of nitrogens with zero attached hydrogens (tertiary/aromatic N) is 1. The quantitative estimate of drug-likeness (QED) is 0.262. The minimum atomic E-state index is -0.863. The zero-order chi connectivity index (χ0) is 28.2. The van der Waals surface area contributed by atoms with E-state index in [1.165, 1.54) is 5.56 Å². The molecule has 1 fully saturated rings. The third-order valence-electron chi connectivity index (χ3n) is 7.10. The van der Waals surface area contributed by atoms with Gasteiger partial charge in [-0.1, -0.05) is 79.2 Å². The summed E-state index contributed by atoms with van der Waals surface area (Å²) in [6, 6.07) is 22.2. The molecule has 1 aliphatic rings. The molecule has 3 amide bonds. The van der Waals surface area contributed by atoms with Crippen molar-refractivity contribution in [2.24, 2.45) is 0 Å². The van der Waals surface area contributed by atoms with Crippen LogP contribution in [-0.4, -0.2) is 67.8 Å². The van der Waals surface area contributed by atoms with Gasteiger partial charge in [0, 0.05) is 19.5 Å². The Labute approximate surface area is 236 Å². The molecule has 0 aliphatic carbocycles. The SMILES string of the molecule is CCOC(=O)C(CCCCc1ccccc1)NC(=O)[C@H](Cc1ccc2ccccc2c1)NC(=O)N1CCOCC1. The predicted molar refractivity (Wildman–Crippen MR) is 155 cm³/mol. The molecule has 1 saturated heterocycles. The van der Waals surface area contributed by atoms with Gasteiger partial charge in [-0.2, -0.15) is 0 Å². The van der Waals surface area contributed by atoms with Crippen molar-refractivity contribution in [3.05, 3.63) is 83.9 Å². The molecule has 0 radical (unpaired) electrons. The number of rotatable bonds is 12. The Bertz CT molecular complexity index is 1260. The van der Waals surface area contributed by atoms with Crippen LogP contribution in [0.2, 0.25) is 0 Å². The van der Waals surface area contributed by atoms with Gasteiger partial charge in [-0.3, -0.25) is 4.79 Å². The second-order valence-electron chi connectivity index (χ2n) is 10.0.